The lowest BCUT2D eigenvalue weighted by Gasteiger charge is -2.12. The van der Waals surface area contributed by atoms with Gasteiger partial charge in [0, 0.05) is 23.0 Å². The zero-order valence-corrected chi connectivity index (χ0v) is 17.1. The molecule has 0 saturated heterocycles. The van der Waals surface area contributed by atoms with E-state index >= 15 is 0 Å². The van der Waals surface area contributed by atoms with E-state index in [-0.39, 0.29) is 17.9 Å². The number of hydrogen-bond donors (Lipinski definition) is 3. The summed E-state index contributed by atoms with van der Waals surface area (Å²) in [7, 11) is 1.32. The smallest absolute Gasteiger partial charge is 0.339 e. The van der Waals surface area contributed by atoms with Crippen molar-refractivity contribution in [3.8, 4) is 0 Å². The van der Waals surface area contributed by atoms with Crippen LogP contribution < -0.4 is 10.6 Å². The number of benzene rings is 1. The molecule has 3 rings (SSSR count). The van der Waals surface area contributed by atoms with Crippen LogP contribution in [0.2, 0.25) is 0 Å². The van der Waals surface area contributed by atoms with Gasteiger partial charge in [0.1, 0.15) is 5.69 Å². The number of esters is 1. The summed E-state index contributed by atoms with van der Waals surface area (Å²) < 4.78 is 4.83. The van der Waals surface area contributed by atoms with Crippen molar-refractivity contribution in [1.29, 1.82) is 0 Å². The zero-order valence-electron chi connectivity index (χ0n) is 17.1. The lowest BCUT2D eigenvalue weighted by atomic mass is 10.1. The number of carbonyl (C=O) groups excluding carboxylic acids is 3. The third-order valence-corrected chi connectivity index (χ3v) is 5.39. The normalized spacial score (nSPS) is 13.9. The van der Waals surface area contributed by atoms with E-state index in [1.807, 2.05) is 6.92 Å². The van der Waals surface area contributed by atoms with Crippen molar-refractivity contribution in [3.05, 3.63) is 52.3 Å². The Balaban J connectivity index is 1.70. The van der Waals surface area contributed by atoms with Crippen LogP contribution >= 0.6 is 0 Å². The highest BCUT2D eigenvalue weighted by molar-refractivity contribution is 6.07. The van der Waals surface area contributed by atoms with E-state index in [2.05, 4.69) is 15.6 Å². The van der Waals surface area contributed by atoms with Gasteiger partial charge in [0.25, 0.3) is 11.8 Å². The van der Waals surface area contributed by atoms with Crippen LogP contribution in [-0.4, -0.2) is 35.9 Å². The third-order valence-electron chi connectivity index (χ3n) is 5.39. The lowest BCUT2D eigenvalue weighted by molar-refractivity contribution is 0.0598. The van der Waals surface area contributed by atoms with Crippen molar-refractivity contribution in [2.75, 3.05) is 12.4 Å². The Bertz CT molecular complexity index is 909. The average Bonchev–Trinajstić information content (AvgIpc) is 3.35. The maximum absolute atomic E-state index is 12.7. The molecule has 1 saturated carbocycles. The number of methoxy groups -OCH3 is 1. The van der Waals surface area contributed by atoms with Crippen LogP contribution in [0.5, 0.6) is 0 Å². The van der Waals surface area contributed by atoms with Gasteiger partial charge >= 0.3 is 5.97 Å². The van der Waals surface area contributed by atoms with Crippen LogP contribution in [0.3, 0.4) is 0 Å². The monoisotopic (exact) mass is 397 g/mol. The van der Waals surface area contributed by atoms with Crippen LogP contribution in [0.1, 0.15) is 75.1 Å². The van der Waals surface area contributed by atoms with Gasteiger partial charge in [0.05, 0.1) is 12.7 Å². The summed E-state index contributed by atoms with van der Waals surface area (Å²) in [4.78, 5) is 40.1. The molecule has 1 aromatic heterocycles. The maximum atomic E-state index is 12.7. The molecule has 3 N–H and O–H groups in total. The fourth-order valence-corrected chi connectivity index (χ4v) is 3.77. The molecule has 2 aromatic rings. The number of nitrogens with one attached hydrogen (secondary N) is 3. The van der Waals surface area contributed by atoms with Crippen molar-refractivity contribution in [2.45, 2.75) is 52.0 Å². The molecule has 1 aliphatic carbocycles. The van der Waals surface area contributed by atoms with Crippen LogP contribution in [0.4, 0.5) is 5.69 Å². The SMILES string of the molecule is CCc1[nH]c(C(=O)Nc2ccc(C(=O)NC3CCCC3)cc2)c(C)c1C(=O)OC. The fraction of sp³-hybridized carbons (Fsp3) is 0.409. The summed E-state index contributed by atoms with van der Waals surface area (Å²) >= 11 is 0. The summed E-state index contributed by atoms with van der Waals surface area (Å²) in [5.41, 5.74) is 3.08. The quantitative estimate of drug-likeness (QED) is 0.649. The molecule has 0 radical (unpaired) electrons. The molecular weight excluding hydrogens is 370 g/mol. The van der Waals surface area contributed by atoms with E-state index in [1.165, 1.54) is 7.11 Å². The molecule has 2 amide bonds. The van der Waals surface area contributed by atoms with Crippen molar-refractivity contribution in [3.63, 3.8) is 0 Å². The van der Waals surface area contributed by atoms with E-state index < -0.39 is 5.97 Å². The van der Waals surface area contributed by atoms with Crippen molar-refractivity contribution < 1.29 is 19.1 Å². The highest BCUT2D eigenvalue weighted by atomic mass is 16.5. The van der Waals surface area contributed by atoms with Gasteiger partial charge in [-0.15, -0.1) is 0 Å². The summed E-state index contributed by atoms with van der Waals surface area (Å²) in [6.07, 6.45) is 4.95. The number of aromatic amines is 1. The zero-order chi connectivity index (χ0) is 21.0. The van der Waals surface area contributed by atoms with Gasteiger partial charge in [-0.25, -0.2) is 4.79 Å². The predicted octanol–water partition coefficient (Wildman–Crippen LogP) is 3.60. The molecule has 1 heterocycles. The Kier molecular flexibility index (Phi) is 6.36. The van der Waals surface area contributed by atoms with Gasteiger partial charge in [-0.2, -0.15) is 0 Å². The first-order valence-corrected chi connectivity index (χ1v) is 9.96. The lowest BCUT2D eigenvalue weighted by Crippen LogP contribution is -2.32. The van der Waals surface area contributed by atoms with Crippen molar-refractivity contribution in [2.24, 2.45) is 0 Å². The first-order chi connectivity index (χ1) is 13.9. The number of hydrogen-bond acceptors (Lipinski definition) is 4. The molecule has 0 unspecified atom stereocenters. The minimum Gasteiger partial charge on any atom is -0.465 e. The average molecular weight is 397 g/mol. The number of rotatable bonds is 6. The molecule has 0 spiro atoms. The Hall–Kier alpha value is -3.09. The van der Waals surface area contributed by atoms with Gasteiger partial charge in [-0.3, -0.25) is 9.59 Å². The molecule has 0 bridgehead atoms. The van der Waals surface area contributed by atoms with Crippen molar-refractivity contribution >= 4 is 23.5 Å². The highest BCUT2D eigenvalue weighted by Gasteiger charge is 2.24. The second-order valence-corrected chi connectivity index (χ2v) is 7.31. The Morgan fingerprint density at radius 1 is 1.10 bits per heavy atom. The van der Waals surface area contributed by atoms with Gasteiger partial charge in [-0.05, 0) is 56.0 Å². The molecule has 1 fully saturated rings. The Morgan fingerprint density at radius 2 is 1.76 bits per heavy atom. The van der Waals surface area contributed by atoms with E-state index in [1.54, 1.807) is 31.2 Å². The molecule has 154 valence electrons. The molecule has 7 heteroatoms. The van der Waals surface area contributed by atoms with Gasteiger partial charge < -0.3 is 20.4 Å². The number of anilines is 1. The first-order valence-electron chi connectivity index (χ1n) is 9.96. The molecule has 1 aliphatic rings. The molecule has 7 nitrogen and oxygen atoms in total. The van der Waals surface area contributed by atoms with E-state index in [0.29, 0.717) is 40.2 Å². The molecule has 29 heavy (non-hydrogen) atoms. The minimum atomic E-state index is -0.465. The fourth-order valence-electron chi connectivity index (χ4n) is 3.77. The largest absolute Gasteiger partial charge is 0.465 e. The number of ether oxygens (including phenoxy) is 1. The summed E-state index contributed by atoms with van der Waals surface area (Å²) in [5, 5.41) is 5.85. The Morgan fingerprint density at radius 3 is 2.34 bits per heavy atom. The van der Waals surface area contributed by atoms with Crippen LogP contribution in [-0.2, 0) is 11.2 Å². The maximum Gasteiger partial charge on any atom is 0.339 e. The minimum absolute atomic E-state index is 0.0923. The highest BCUT2D eigenvalue weighted by Crippen LogP contribution is 2.22. The third kappa shape index (κ3) is 4.50. The van der Waals surface area contributed by atoms with Crippen molar-refractivity contribution in [1.82, 2.24) is 10.3 Å². The summed E-state index contributed by atoms with van der Waals surface area (Å²) in [5.74, 6) is -0.909. The molecule has 0 atom stereocenters. The number of carbonyl (C=O) groups is 3. The second-order valence-electron chi connectivity index (χ2n) is 7.31. The first kappa shape index (κ1) is 20.6. The van der Waals surface area contributed by atoms with Crippen LogP contribution in [0, 0.1) is 6.92 Å². The van der Waals surface area contributed by atoms with Crippen LogP contribution in [0.25, 0.3) is 0 Å². The second kappa shape index (κ2) is 8.94. The number of aromatic nitrogens is 1. The molecule has 1 aromatic carbocycles. The topological polar surface area (TPSA) is 100 Å². The van der Waals surface area contributed by atoms with Crippen LogP contribution in [0.15, 0.2) is 24.3 Å². The van der Waals surface area contributed by atoms with E-state index in [9.17, 15) is 14.4 Å². The number of aryl methyl sites for hydroxylation is 1. The standard InChI is InChI=1S/C22H27N3O4/c1-4-17-18(22(28)29-3)13(2)19(25-17)21(27)24-16-11-9-14(10-12-16)20(26)23-15-7-5-6-8-15/h9-12,15,25H,4-8H2,1-3H3,(H,23,26)(H,24,27). The molecular formula is C22H27N3O4. The predicted molar refractivity (Wildman–Crippen MR) is 110 cm³/mol. The molecule has 0 aliphatic heterocycles. The summed E-state index contributed by atoms with van der Waals surface area (Å²) in [6, 6.07) is 7.04. The van der Waals surface area contributed by atoms with Gasteiger partial charge in [0.15, 0.2) is 0 Å². The van der Waals surface area contributed by atoms with Gasteiger partial charge in [-0.1, -0.05) is 19.8 Å². The van der Waals surface area contributed by atoms with E-state index in [0.717, 1.165) is 25.7 Å². The number of amides is 2. The van der Waals surface area contributed by atoms with Gasteiger partial charge in [0.2, 0.25) is 0 Å². The summed E-state index contributed by atoms with van der Waals surface area (Å²) in [6.45, 7) is 3.61. The Labute approximate surface area is 170 Å². The number of H-pyrrole nitrogens is 1. The van der Waals surface area contributed by atoms with E-state index in [4.69, 9.17) is 4.74 Å².